The minimum Gasteiger partial charge on any atom is -0.372 e. The van der Waals surface area contributed by atoms with Crippen molar-refractivity contribution >= 4 is 23.5 Å². The number of amides is 1. The number of carbonyl (C=O) groups is 1. The Hall–Kier alpha value is -1.30. The van der Waals surface area contributed by atoms with Gasteiger partial charge in [-0.25, -0.2) is 9.37 Å². The smallest absolute Gasteiger partial charge is 0.255 e. The fourth-order valence-corrected chi connectivity index (χ4v) is 1.48. The van der Waals surface area contributed by atoms with Crippen molar-refractivity contribution in [2.45, 2.75) is 12.2 Å². The number of hydrogen-bond acceptors (Lipinski definition) is 4. The Morgan fingerprint density at radius 1 is 1.65 bits per heavy atom. The first-order valence-corrected chi connectivity index (χ1v) is 6.51. The van der Waals surface area contributed by atoms with Crippen molar-refractivity contribution in [1.29, 1.82) is 0 Å². The fourth-order valence-electron chi connectivity index (χ4n) is 1.23. The molecule has 0 saturated heterocycles. The Kier molecular flexibility index (Phi) is 5.21. The highest BCUT2D eigenvalue weighted by molar-refractivity contribution is 7.99. The normalized spacial score (nSPS) is 12.0. The Bertz CT molecular complexity index is 400. The van der Waals surface area contributed by atoms with Gasteiger partial charge in [-0.05, 0) is 12.3 Å². The number of aromatic nitrogens is 1. The average Bonchev–Trinajstić information content (AvgIpc) is 2.35. The van der Waals surface area contributed by atoms with E-state index in [-0.39, 0.29) is 11.5 Å². The predicted molar refractivity (Wildman–Crippen MR) is 69.1 cm³/mol. The van der Waals surface area contributed by atoms with Gasteiger partial charge in [-0.2, -0.15) is 11.8 Å². The van der Waals surface area contributed by atoms with Crippen LogP contribution in [-0.2, 0) is 0 Å². The van der Waals surface area contributed by atoms with Crippen molar-refractivity contribution in [2.75, 3.05) is 25.2 Å². The number of anilines is 1. The molecule has 94 valence electrons. The van der Waals surface area contributed by atoms with E-state index in [2.05, 4.69) is 15.6 Å². The number of pyridine rings is 1. The van der Waals surface area contributed by atoms with E-state index in [4.69, 9.17) is 0 Å². The van der Waals surface area contributed by atoms with Crippen LogP contribution in [0.15, 0.2) is 12.3 Å². The Morgan fingerprint density at radius 2 is 2.35 bits per heavy atom. The molecule has 1 aromatic heterocycles. The molecule has 0 aliphatic carbocycles. The van der Waals surface area contributed by atoms with E-state index in [0.717, 1.165) is 6.20 Å². The molecule has 2 N–H and O–H groups in total. The van der Waals surface area contributed by atoms with E-state index in [1.165, 1.54) is 6.07 Å². The molecule has 0 radical (unpaired) electrons. The number of nitrogens with one attached hydrogen (secondary N) is 2. The molecular weight excluding hydrogens is 241 g/mol. The highest BCUT2D eigenvalue weighted by Crippen LogP contribution is 2.13. The molecule has 1 heterocycles. The molecular formula is C11H16FN3OS. The van der Waals surface area contributed by atoms with Crippen molar-refractivity contribution in [2.24, 2.45) is 0 Å². The lowest BCUT2D eigenvalue weighted by atomic mass is 10.2. The number of rotatable bonds is 5. The van der Waals surface area contributed by atoms with Crippen LogP contribution in [-0.4, -0.2) is 36.0 Å². The summed E-state index contributed by atoms with van der Waals surface area (Å²) in [4.78, 5) is 15.6. The molecule has 0 aromatic carbocycles. The third-order valence-electron chi connectivity index (χ3n) is 2.29. The van der Waals surface area contributed by atoms with E-state index in [0.29, 0.717) is 17.6 Å². The second-order valence-corrected chi connectivity index (χ2v) is 4.83. The van der Waals surface area contributed by atoms with Crippen LogP contribution in [0.1, 0.15) is 17.3 Å². The van der Waals surface area contributed by atoms with Crippen LogP contribution in [0.2, 0.25) is 0 Å². The fraction of sp³-hybridized carbons (Fsp3) is 0.455. The molecule has 0 bridgehead atoms. The van der Waals surface area contributed by atoms with Crippen molar-refractivity contribution in [3.63, 3.8) is 0 Å². The lowest BCUT2D eigenvalue weighted by Gasteiger charge is -2.11. The highest BCUT2D eigenvalue weighted by atomic mass is 32.2. The zero-order valence-electron chi connectivity index (χ0n) is 10.1. The topological polar surface area (TPSA) is 54.0 Å². The minimum atomic E-state index is -0.521. The van der Waals surface area contributed by atoms with Gasteiger partial charge in [0.1, 0.15) is 11.6 Å². The van der Waals surface area contributed by atoms with Crippen molar-refractivity contribution < 1.29 is 9.18 Å². The molecule has 0 aliphatic rings. The van der Waals surface area contributed by atoms with Crippen LogP contribution >= 0.6 is 11.8 Å². The first-order chi connectivity index (χ1) is 8.08. The van der Waals surface area contributed by atoms with Crippen LogP contribution in [0.3, 0.4) is 0 Å². The Morgan fingerprint density at radius 3 is 2.94 bits per heavy atom. The third-order valence-corrected chi connectivity index (χ3v) is 3.26. The largest absolute Gasteiger partial charge is 0.372 e. The second-order valence-electron chi connectivity index (χ2n) is 3.56. The maximum Gasteiger partial charge on any atom is 0.255 e. The summed E-state index contributed by atoms with van der Waals surface area (Å²) in [5.74, 6) is -0.463. The first-order valence-electron chi connectivity index (χ1n) is 5.22. The average molecular weight is 257 g/mol. The number of carbonyl (C=O) groups excluding carboxylic acids is 1. The molecule has 1 amide bonds. The summed E-state index contributed by atoms with van der Waals surface area (Å²) in [7, 11) is 1.64. The van der Waals surface area contributed by atoms with Gasteiger partial charge in [0, 0.05) is 18.8 Å². The van der Waals surface area contributed by atoms with Crippen LogP contribution in [0.4, 0.5) is 10.2 Å². The van der Waals surface area contributed by atoms with Crippen LogP contribution < -0.4 is 10.6 Å². The summed E-state index contributed by atoms with van der Waals surface area (Å²) in [6.45, 7) is 2.55. The molecule has 4 nitrogen and oxygen atoms in total. The monoisotopic (exact) mass is 257 g/mol. The van der Waals surface area contributed by atoms with Crippen LogP contribution in [0, 0.1) is 5.82 Å². The Balaban J connectivity index is 2.77. The zero-order chi connectivity index (χ0) is 12.8. The molecule has 1 rings (SSSR count). The van der Waals surface area contributed by atoms with Gasteiger partial charge in [0.25, 0.3) is 5.91 Å². The van der Waals surface area contributed by atoms with Crippen LogP contribution in [0.5, 0.6) is 0 Å². The lowest BCUT2D eigenvalue weighted by molar-refractivity contribution is 0.0954. The standard InChI is InChI=1S/C11H16FN3OS/c1-7(17-3)5-15-11(16)9-4-8(12)6-14-10(9)13-2/h4,6-7H,5H2,1-3H3,(H,13,14)(H,15,16). The van der Waals surface area contributed by atoms with Gasteiger partial charge in [0.15, 0.2) is 0 Å². The Labute approximate surface area is 104 Å². The summed E-state index contributed by atoms with van der Waals surface area (Å²) in [5.41, 5.74) is 0.223. The maximum atomic E-state index is 13.0. The quantitative estimate of drug-likeness (QED) is 0.843. The molecule has 1 atom stereocenters. The van der Waals surface area contributed by atoms with Crippen molar-refractivity contribution in [3.8, 4) is 0 Å². The van der Waals surface area contributed by atoms with E-state index >= 15 is 0 Å². The van der Waals surface area contributed by atoms with Gasteiger partial charge < -0.3 is 10.6 Å². The van der Waals surface area contributed by atoms with Gasteiger partial charge in [-0.15, -0.1) is 0 Å². The summed E-state index contributed by atoms with van der Waals surface area (Å²) in [5, 5.41) is 5.82. The van der Waals surface area contributed by atoms with E-state index in [1.807, 2.05) is 13.2 Å². The van der Waals surface area contributed by atoms with Crippen molar-refractivity contribution in [3.05, 3.63) is 23.6 Å². The van der Waals surface area contributed by atoms with E-state index in [1.54, 1.807) is 18.8 Å². The van der Waals surface area contributed by atoms with Crippen LogP contribution in [0.25, 0.3) is 0 Å². The molecule has 0 fully saturated rings. The summed E-state index contributed by atoms with van der Waals surface area (Å²) in [6.07, 6.45) is 3.05. The molecule has 0 aliphatic heterocycles. The summed E-state index contributed by atoms with van der Waals surface area (Å²) in [6, 6.07) is 1.18. The number of halogens is 1. The predicted octanol–water partition coefficient (Wildman–Crippen LogP) is 1.74. The molecule has 0 saturated carbocycles. The molecule has 17 heavy (non-hydrogen) atoms. The first kappa shape index (κ1) is 13.8. The summed E-state index contributed by atoms with van der Waals surface area (Å²) >= 11 is 1.66. The number of thioether (sulfide) groups is 1. The molecule has 1 aromatic rings. The van der Waals surface area contributed by atoms with Gasteiger partial charge in [-0.1, -0.05) is 6.92 Å². The third kappa shape index (κ3) is 3.89. The number of hydrogen-bond donors (Lipinski definition) is 2. The maximum absolute atomic E-state index is 13.0. The zero-order valence-corrected chi connectivity index (χ0v) is 10.9. The summed E-state index contributed by atoms with van der Waals surface area (Å²) < 4.78 is 13.0. The number of nitrogens with zero attached hydrogens (tertiary/aromatic N) is 1. The molecule has 1 unspecified atom stereocenters. The minimum absolute atomic E-state index is 0.223. The van der Waals surface area contributed by atoms with E-state index in [9.17, 15) is 9.18 Å². The highest BCUT2D eigenvalue weighted by Gasteiger charge is 2.13. The SMILES string of the molecule is CNc1ncc(F)cc1C(=O)NCC(C)SC. The molecule has 6 heteroatoms. The van der Waals surface area contributed by atoms with Gasteiger partial charge in [-0.3, -0.25) is 4.79 Å². The molecule has 0 spiro atoms. The van der Waals surface area contributed by atoms with E-state index < -0.39 is 5.82 Å². The van der Waals surface area contributed by atoms with Gasteiger partial charge in [0.05, 0.1) is 11.8 Å². The van der Waals surface area contributed by atoms with Crippen molar-refractivity contribution in [1.82, 2.24) is 10.3 Å². The van der Waals surface area contributed by atoms with Gasteiger partial charge >= 0.3 is 0 Å². The van der Waals surface area contributed by atoms with Gasteiger partial charge in [0.2, 0.25) is 0 Å². The lowest BCUT2D eigenvalue weighted by Crippen LogP contribution is -2.30. The second kappa shape index (κ2) is 6.44.